The van der Waals surface area contributed by atoms with Crippen molar-refractivity contribution in [2.45, 2.75) is 25.4 Å². The van der Waals surface area contributed by atoms with Crippen molar-refractivity contribution in [3.05, 3.63) is 23.8 Å². The minimum absolute atomic E-state index is 0.111. The monoisotopic (exact) mass is 322 g/mol. The standard InChI is InChI=1S/C17H26N2O4/c1-18(12-17(20)21)14-6-8-19(9-7-14)11-13-4-5-15(22-2)16(10-13)23-3/h4-5,10,14H,6-9,11-12H2,1-3H3,(H,20,21). The van der Waals surface area contributed by atoms with Crippen molar-refractivity contribution >= 4 is 5.97 Å². The third kappa shape index (κ3) is 4.84. The Balaban J connectivity index is 1.88. The fourth-order valence-electron chi connectivity index (χ4n) is 3.10. The number of aliphatic carboxylic acids is 1. The van der Waals surface area contributed by atoms with E-state index in [1.54, 1.807) is 14.2 Å². The van der Waals surface area contributed by atoms with Gasteiger partial charge in [-0.15, -0.1) is 0 Å². The zero-order chi connectivity index (χ0) is 16.8. The van der Waals surface area contributed by atoms with Gasteiger partial charge >= 0.3 is 5.97 Å². The van der Waals surface area contributed by atoms with Crippen LogP contribution in [0.2, 0.25) is 0 Å². The van der Waals surface area contributed by atoms with E-state index in [0.29, 0.717) is 6.04 Å². The van der Waals surface area contributed by atoms with Gasteiger partial charge in [-0.05, 0) is 50.7 Å². The number of carbonyl (C=O) groups is 1. The van der Waals surface area contributed by atoms with Gasteiger partial charge in [0.1, 0.15) is 0 Å². The molecule has 1 fully saturated rings. The SMILES string of the molecule is COc1ccc(CN2CCC(N(C)CC(=O)O)CC2)cc1OC. The Morgan fingerprint density at radius 2 is 1.91 bits per heavy atom. The highest BCUT2D eigenvalue weighted by Crippen LogP contribution is 2.28. The molecular weight excluding hydrogens is 296 g/mol. The normalized spacial score (nSPS) is 16.5. The minimum atomic E-state index is -0.764. The Labute approximate surface area is 137 Å². The lowest BCUT2D eigenvalue weighted by Crippen LogP contribution is -2.44. The predicted molar refractivity (Wildman–Crippen MR) is 88.1 cm³/mol. The second kappa shape index (κ2) is 8.17. The summed E-state index contributed by atoms with van der Waals surface area (Å²) >= 11 is 0. The first-order valence-corrected chi connectivity index (χ1v) is 7.88. The number of carboxylic acid groups (broad SMARTS) is 1. The highest BCUT2D eigenvalue weighted by atomic mass is 16.5. The lowest BCUT2D eigenvalue weighted by molar-refractivity contribution is -0.138. The summed E-state index contributed by atoms with van der Waals surface area (Å²) in [7, 11) is 5.17. The van der Waals surface area contributed by atoms with Gasteiger partial charge in [0.2, 0.25) is 0 Å². The number of carboxylic acids is 1. The molecule has 128 valence electrons. The Morgan fingerprint density at radius 3 is 2.48 bits per heavy atom. The van der Waals surface area contributed by atoms with Gasteiger partial charge in [0, 0.05) is 12.6 Å². The van der Waals surface area contributed by atoms with Crippen molar-refractivity contribution in [1.82, 2.24) is 9.80 Å². The molecule has 0 bridgehead atoms. The Morgan fingerprint density at radius 1 is 1.26 bits per heavy atom. The molecule has 1 aromatic rings. The summed E-state index contributed by atoms with van der Waals surface area (Å²) in [5.74, 6) is 0.728. The van der Waals surface area contributed by atoms with E-state index < -0.39 is 5.97 Å². The number of likely N-dealkylation sites (N-methyl/N-ethyl adjacent to an activating group) is 1. The van der Waals surface area contributed by atoms with Gasteiger partial charge < -0.3 is 14.6 Å². The van der Waals surface area contributed by atoms with Gasteiger partial charge in [-0.1, -0.05) is 6.07 Å². The largest absolute Gasteiger partial charge is 0.493 e. The molecule has 0 unspecified atom stereocenters. The Bertz CT molecular complexity index is 527. The van der Waals surface area contributed by atoms with E-state index in [-0.39, 0.29) is 6.54 Å². The molecule has 1 N–H and O–H groups in total. The molecule has 2 rings (SSSR count). The van der Waals surface area contributed by atoms with Crippen molar-refractivity contribution in [1.29, 1.82) is 0 Å². The van der Waals surface area contributed by atoms with Crippen molar-refractivity contribution in [3.63, 3.8) is 0 Å². The maximum Gasteiger partial charge on any atom is 0.317 e. The summed E-state index contributed by atoms with van der Waals surface area (Å²) in [5.41, 5.74) is 1.19. The van der Waals surface area contributed by atoms with E-state index >= 15 is 0 Å². The van der Waals surface area contributed by atoms with Crippen LogP contribution >= 0.6 is 0 Å². The molecule has 6 heteroatoms. The Kier molecular flexibility index (Phi) is 6.24. The zero-order valence-electron chi connectivity index (χ0n) is 14.1. The summed E-state index contributed by atoms with van der Waals surface area (Å²) in [5, 5.41) is 8.88. The van der Waals surface area contributed by atoms with Crippen LogP contribution in [-0.4, -0.2) is 67.8 Å². The predicted octanol–water partition coefficient (Wildman–Crippen LogP) is 1.68. The molecule has 1 aromatic carbocycles. The Hall–Kier alpha value is -1.79. The first-order valence-electron chi connectivity index (χ1n) is 7.88. The van der Waals surface area contributed by atoms with Gasteiger partial charge in [-0.3, -0.25) is 14.6 Å². The van der Waals surface area contributed by atoms with Gasteiger partial charge in [-0.2, -0.15) is 0 Å². The van der Waals surface area contributed by atoms with Crippen LogP contribution in [0.4, 0.5) is 0 Å². The molecule has 0 amide bonds. The van der Waals surface area contributed by atoms with Crippen LogP contribution in [0, 0.1) is 0 Å². The topological polar surface area (TPSA) is 62.2 Å². The van der Waals surface area contributed by atoms with Crippen molar-refractivity contribution < 1.29 is 19.4 Å². The molecule has 1 heterocycles. The van der Waals surface area contributed by atoms with Crippen molar-refractivity contribution in [3.8, 4) is 11.5 Å². The van der Waals surface area contributed by atoms with E-state index in [1.807, 2.05) is 24.1 Å². The number of methoxy groups -OCH3 is 2. The summed E-state index contributed by atoms with van der Waals surface area (Å²) in [6, 6.07) is 6.36. The molecule has 1 saturated heterocycles. The number of hydrogen-bond donors (Lipinski definition) is 1. The van der Waals surface area contributed by atoms with Crippen LogP contribution in [0.25, 0.3) is 0 Å². The van der Waals surface area contributed by atoms with Crippen molar-refractivity contribution in [2.75, 3.05) is 40.9 Å². The molecule has 1 aliphatic rings. The van der Waals surface area contributed by atoms with E-state index in [4.69, 9.17) is 14.6 Å². The van der Waals surface area contributed by atoms with E-state index in [2.05, 4.69) is 11.0 Å². The maximum atomic E-state index is 10.8. The molecule has 0 aromatic heterocycles. The van der Waals surface area contributed by atoms with Crippen LogP contribution in [0.1, 0.15) is 18.4 Å². The molecule has 0 aliphatic carbocycles. The number of benzene rings is 1. The van der Waals surface area contributed by atoms with E-state index in [1.165, 1.54) is 5.56 Å². The zero-order valence-corrected chi connectivity index (χ0v) is 14.1. The first-order chi connectivity index (χ1) is 11.0. The lowest BCUT2D eigenvalue weighted by Gasteiger charge is -2.36. The number of likely N-dealkylation sites (tertiary alicyclic amines) is 1. The van der Waals surface area contributed by atoms with Gasteiger partial charge in [0.15, 0.2) is 11.5 Å². The van der Waals surface area contributed by atoms with Crippen LogP contribution in [0.3, 0.4) is 0 Å². The molecular formula is C17H26N2O4. The average Bonchev–Trinajstić information content (AvgIpc) is 2.54. The molecule has 6 nitrogen and oxygen atoms in total. The molecule has 23 heavy (non-hydrogen) atoms. The van der Waals surface area contributed by atoms with Crippen LogP contribution in [0.5, 0.6) is 11.5 Å². The van der Waals surface area contributed by atoms with Gasteiger partial charge in [0.05, 0.1) is 20.8 Å². The average molecular weight is 322 g/mol. The summed E-state index contributed by atoms with van der Waals surface area (Å²) in [6.07, 6.45) is 1.99. The fraction of sp³-hybridized carbons (Fsp3) is 0.588. The van der Waals surface area contributed by atoms with Crippen LogP contribution < -0.4 is 9.47 Å². The number of nitrogens with zero attached hydrogens (tertiary/aromatic N) is 2. The van der Waals surface area contributed by atoms with Crippen LogP contribution in [0.15, 0.2) is 18.2 Å². The molecule has 0 saturated carbocycles. The number of piperidine rings is 1. The van der Waals surface area contributed by atoms with E-state index in [0.717, 1.165) is 44.0 Å². The van der Waals surface area contributed by atoms with Crippen molar-refractivity contribution in [2.24, 2.45) is 0 Å². The van der Waals surface area contributed by atoms with E-state index in [9.17, 15) is 4.79 Å². The highest BCUT2D eigenvalue weighted by molar-refractivity contribution is 5.69. The second-order valence-corrected chi connectivity index (χ2v) is 6.01. The third-order valence-electron chi connectivity index (χ3n) is 4.42. The molecule has 1 aliphatic heterocycles. The summed E-state index contributed by atoms with van der Waals surface area (Å²) in [4.78, 5) is 15.1. The van der Waals surface area contributed by atoms with Gasteiger partial charge in [-0.25, -0.2) is 0 Å². The maximum absolute atomic E-state index is 10.8. The number of hydrogen-bond acceptors (Lipinski definition) is 5. The smallest absolute Gasteiger partial charge is 0.317 e. The first kappa shape index (κ1) is 17.6. The molecule has 0 atom stereocenters. The summed E-state index contributed by atoms with van der Waals surface area (Å²) < 4.78 is 10.6. The quantitative estimate of drug-likeness (QED) is 0.824. The molecule has 0 spiro atoms. The fourth-order valence-corrected chi connectivity index (χ4v) is 3.10. The third-order valence-corrected chi connectivity index (χ3v) is 4.42. The summed E-state index contributed by atoms with van der Waals surface area (Å²) in [6.45, 7) is 2.93. The van der Waals surface area contributed by atoms with Crippen LogP contribution in [-0.2, 0) is 11.3 Å². The number of ether oxygens (including phenoxy) is 2. The highest BCUT2D eigenvalue weighted by Gasteiger charge is 2.23. The second-order valence-electron chi connectivity index (χ2n) is 6.01. The van der Waals surface area contributed by atoms with Gasteiger partial charge in [0.25, 0.3) is 0 Å². The lowest BCUT2D eigenvalue weighted by atomic mass is 10.0. The molecule has 0 radical (unpaired) electrons. The number of rotatable bonds is 7. The minimum Gasteiger partial charge on any atom is -0.493 e.